The van der Waals surface area contributed by atoms with Crippen molar-refractivity contribution in [3.05, 3.63) is 41.5 Å². The maximum absolute atomic E-state index is 9.15. The van der Waals surface area contributed by atoms with E-state index in [0.29, 0.717) is 29.0 Å². The number of benzene rings is 1. The topological polar surface area (TPSA) is 69.9 Å². The zero-order chi connectivity index (χ0) is 12.0. The van der Waals surface area contributed by atoms with Gasteiger partial charge in [0.2, 0.25) is 0 Å². The van der Waals surface area contributed by atoms with Gasteiger partial charge < -0.3 is 20.1 Å². The van der Waals surface area contributed by atoms with E-state index in [0.717, 1.165) is 0 Å². The maximum atomic E-state index is 9.15. The molecule has 0 amide bonds. The van der Waals surface area contributed by atoms with Crippen LogP contribution in [0.5, 0.6) is 5.75 Å². The molecule has 0 fully saturated rings. The van der Waals surface area contributed by atoms with Gasteiger partial charge in [-0.2, -0.15) is 0 Å². The Balaban J connectivity index is 3.09. The predicted octanol–water partition coefficient (Wildman–Crippen LogP) is 0.728. The fraction of sp³-hybridized carbons (Fsp3) is 0.333. The molecule has 0 saturated heterocycles. The first-order valence-electron chi connectivity index (χ1n) is 4.97. The Morgan fingerprint density at radius 2 is 1.56 bits per heavy atom. The zero-order valence-electron chi connectivity index (χ0n) is 9.02. The van der Waals surface area contributed by atoms with Crippen LogP contribution in [0, 0.1) is 0 Å². The molecule has 4 heteroatoms. The van der Waals surface area contributed by atoms with Crippen LogP contribution in [-0.2, 0) is 19.8 Å². The second-order valence-corrected chi connectivity index (χ2v) is 3.30. The summed E-state index contributed by atoms with van der Waals surface area (Å²) in [6.45, 7) is 3.33. The molecule has 0 atom stereocenters. The van der Waals surface area contributed by atoms with Gasteiger partial charge in [0.15, 0.2) is 0 Å². The first-order valence-corrected chi connectivity index (χ1v) is 4.97. The predicted molar refractivity (Wildman–Crippen MR) is 59.9 cm³/mol. The molecule has 0 spiro atoms. The van der Waals surface area contributed by atoms with Crippen LogP contribution >= 0.6 is 0 Å². The zero-order valence-corrected chi connectivity index (χ0v) is 9.02. The molecule has 16 heavy (non-hydrogen) atoms. The Morgan fingerprint density at radius 1 is 1.00 bits per heavy atom. The fourth-order valence-electron chi connectivity index (χ4n) is 1.42. The van der Waals surface area contributed by atoms with E-state index in [4.69, 9.17) is 20.1 Å². The Bertz CT molecular complexity index is 360. The van der Waals surface area contributed by atoms with Gasteiger partial charge in [0, 0.05) is 5.56 Å². The van der Waals surface area contributed by atoms with E-state index in [9.17, 15) is 0 Å². The summed E-state index contributed by atoms with van der Waals surface area (Å²) in [5.41, 5.74) is 1.78. The fourth-order valence-corrected chi connectivity index (χ4v) is 1.42. The summed E-state index contributed by atoms with van der Waals surface area (Å²) < 4.78 is 5.35. The van der Waals surface area contributed by atoms with Gasteiger partial charge in [0.1, 0.15) is 12.4 Å². The third-order valence-electron chi connectivity index (χ3n) is 2.25. The molecule has 0 unspecified atom stereocenters. The van der Waals surface area contributed by atoms with Crippen LogP contribution < -0.4 is 4.74 Å². The highest BCUT2D eigenvalue weighted by atomic mass is 16.5. The molecule has 0 saturated carbocycles. The van der Waals surface area contributed by atoms with E-state index in [1.165, 1.54) is 0 Å². The summed E-state index contributed by atoms with van der Waals surface area (Å²) in [5.74, 6) is 0.503. The van der Waals surface area contributed by atoms with Crippen LogP contribution in [-0.4, -0.2) is 21.9 Å². The second kappa shape index (κ2) is 6.27. The van der Waals surface area contributed by atoms with Crippen LogP contribution in [0.15, 0.2) is 24.8 Å². The highest BCUT2D eigenvalue weighted by Crippen LogP contribution is 2.24. The second-order valence-electron chi connectivity index (χ2n) is 3.30. The number of aliphatic hydroxyl groups is 3. The minimum atomic E-state index is -0.176. The number of hydrogen-bond acceptors (Lipinski definition) is 4. The molecule has 0 aliphatic rings. The van der Waals surface area contributed by atoms with Crippen molar-refractivity contribution in [1.82, 2.24) is 0 Å². The molecule has 0 aliphatic heterocycles. The molecule has 0 aliphatic carbocycles. The molecule has 1 aromatic rings. The summed E-state index contributed by atoms with van der Waals surface area (Å²) in [4.78, 5) is 0. The quantitative estimate of drug-likeness (QED) is 0.623. The standard InChI is InChI=1S/C12H16O4/c1-2-3-16-12-5-10(7-14)9(6-13)4-11(12)8-15/h2,4-5,13-15H,1,3,6-8H2. The maximum Gasteiger partial charge on any atom is 0.125 e. The van der Waals surface area contributed by atoms with Crippen LogP contribution in [0.4, 0.5) is 0 Å². The van der Waals surface area contributed by atoms with Crippen molar-refractivity contribution in [3.63, 3.8) is 0 Å². The highest BCUT2D eigenvalue weighted by molar-refractivity contribution is 5.42. The summed E-state index contributed by atoms with van der Waals surface area (Å²) in [6.07, 6.45) is 1.60. The molecule has 88 valence electrons. The van der Waals surface area contributed by atoms with Gasteiger partial charge in [-0.15, -0.1) is 0 Å². The van der Waals surface area contributed by atoms with Crippen LogP contribution in [0.2, 0.25) is 0 Å². The van der Waals surface area contributed by atoms with E-state index < -0.39 is 0 Å². The number of ether oxygens (including phenoxy) is 1. The minimum absolute atomic E-state index is 0.175. The Labute approximate surface area is 94.4 Å². The van der Waals surface area contributed by atoms with E-state index in [1.54, 1.807) is 18.2 Å². The van der Waals surface area contributed by atoms with Crippen molar-refractivity contribution in [2.75, 3.05) is 6.61 Å². The molecule has 0 aromatic heterocycles. The van der Waals surface area contributed by atoms with Crippen molar-refractivity contribution in [2.45, 2.75) is 19.8 Å². The van der Waals surface area contributed by atoms with Crippen molar-refractivity contribution in [3.8, 4) is 5.75 Å². The van der Waals surface area contributed by atoms with Gasteiger partial charge in [0.25, 0.3) is 0 Å². The van der Waals surface area contributed by atoms with Gasteiger partial charge in [-0.25, -0.2) is 0 Å². The summed E-state index contributed by atoms with van der Waals surface area (Å²) in [6, 6.07) is 3.25. The van der Waals surface area contributed by atoms with Crippen LogP contribution in [0.3, 0.4) is 0 Å². The van der Waals surface area contributed by atoms with Crippen molar-refractivity contribution >= 4 is 0 Å². The molecule has 1 aromatic carbocycles. The average molecular weight is 224 g/mol. The van der Waals surface area contributed by atoms with Gasteiger partial charge >= 0.3 is 0 Å². The van der Waals surface area contributed by atoms with E-state index in [1.807, 2.05) is 0 Å². The number of hydrogen-bond donors (Lipinski definition) is 3. The van der Waals surface area contributed by atoms with E-state index in [2.05, 4.69) is 6.58 Å². The van der Waals surface area contributed by atoms with Crippen molar-refractivity contribution in [2.24, 2.45) is 0 Å². The molecule has 0 radical (unpaired) electrons. The van der Waals surface area contributed by atoms with Gasteiger partial charge in [-0.05, 0) is 23.3 Å². The largest absolute Gasteiger partial charge is 0.489 e. The normalized spacial score (nSPS) is 10.2. The van der Waals surface area contributed by atoms with Crippen molar-refractivity contribution in [1.29, 1.82) is 0 Å². The first-order chi connectivity index (χ1) is 7.76. The molecule has 1 rings (SSSR count). The number of aliphatic hydroxyl groups excluding tert-OH is 3. The Morgan fingerprint density at radius 3 is 2.06 bits per heavy atom. The minimum Gasteiger partial charge on any atom is -0.489 e. The van der Waals surface area contributed by atoms with Gasteiger partial charge in [0.05, 0.1) is 19.8 Å². The monoisotopic (exact) mass is 224 g/mol. The lowest BCUT2D eigenvalue weighted by atomic mass is 10.0. The molecule has 4 nitrogen and oxygen atoms in total. The lowest BCUT2D eigenvalue weighted by molar-refractivity contribution is 0.253. The molecule has 3 N–H and O–H groups in total. The Hall–Kier alpha value is -1.36. The molecular weight excluding hydrogens is 208 g/mol. The molecule has 0 heterocycles. The van der Waals surface area contributed by atoms with E-state index >= 15 is 0 Å². The SMILES string of the molecule is C=CCOc1cc(CO)c(CO)cc1CO. The molecular formula is C12H16O4. The Kier molecular flexibility index (Phi) is 4.98. The van der Waals surface area contributed by atoms with Gasteiger partial charge in [-0.1, -0.05) is 12.7 Å². The first kappa shape index (κ1) is 12.7. The van der Waals surface area contributed by atoms with Gasteiger partial charge in [-0.3, -0.25) is 0 Å². The van der Waals surface area contributed by atoms with E-state index in [-0.39, 0.29) is 19.8 Å². The van der Waals surface area contributed by atoms with Crippen molar-refractivity contribution < 1.29 is 20.1 Å². The lowest BCUT2D eigenvalue weighted by Crippen LogP contribution is -2.02. The smallest absolute Gasteiger partial charge is 0.125 e. The summed E-state index contributed by atoms with van der Waals surface area (Å²) in [5, 5.41) is 27.4. The lowest BCUT2D eigenvalue weighted by Gasteiger charge is -2.13. The number of rotatable bonds is 6. The highest BCUT2D eigenvalue weighted by Gasteiger charge is 2.09. The third kappa shape index (κ3) is 2.82. The molecule has 0 bridgehead atoms. The summed E-state index contributed by atoms with van der Waals surface area (Å²) >= 11 is 0. The third-order valence-corrected chi connectivity index (χ3v) is 2.25. The van der Waals surface area contributed by atoms with Crippen LogP contribution in [0.25, 0.3) is 0 Å². The average Bonchev–Trinajstić information content (AvgIpc) is 2.35. The van der Waals surface area contributed by atoms with Crippen LogP contribution in [0.1, 0.15) is 16.7 Å². The summed E-state index contributed by atoms with van der Waals surface area (Å²) in [7, 11) is 0.